The zero-order chi connectivity index (χ0) is 20.4. The molecule has 2 rings (SSSR count). The van der Waals surface area contributed by atoms with Crippen LogP contribution in [0.25, 0.3) is 0 Å². The van der Waals surface area contributed by atoms with Crippen LogP contribution >= 0.6 is 0 Å². The number of alkyl halides is 3. The minimum atomic E-state index is -4.17. The average molecular weight is 400 g/mol. The first kappa shape index (κ1) is 22.5. The van der Waals surface area contributed by atoms with Crippen LogP contribution in [-0.4, -0.2) is 67.7 Å². The molecule has 1 saturated heterocycles. The molecule has 158 valence electrons. The SMILES string of the molecule is CCNC(=NCc1ccccc1CN1CCN(CC)CC1)NCCC(F)(F)F. The molecule has 0 unspecified atom stereocenters. The van der Waals surface area contributed by atoms with Crippen LogP contribution < -0.4 is 10.6 Å². The summed E-state index contributed by atoms with van der Waals surface area (Å²) < 4.78 is 37.1. The van der Waals surface area contributed by atoms with Gasteiger partial charge in [0.05, 0.1) is 13.0 Å². The van der Waals surface area contributed by atoms with Crippen LogP contribution in [0.3, 0.4) is 0 Å². The van der Waals surface area contributed by atoms with E-state index < -0.39 is 12.6 Å². The van der Waals surface area contributed by atoms with Crippen molar-refractivity contribution < 1.29 is 13.2 Å². The molecule has 0 amide bonds. The van der Waals surface area contributed by atoms with Crippen LogP contribution in [0.2, 0.25) is 0 Å². The van der Waals surface area contributed by atoms with E-state index in [1.807, 2.05) is 25.1 Å². The summed E-state index contributed by atoms with van der Waals surface area (Å²) >= 11 is 0. The van der Waals surface area contributed by atoms with E-state index in [4.69, 9.17) is 0 Å². The molecule has 0 saturated carbocycles. The first-order chi connectivity index (χ1) is 13.4. The van der Waals surface area contributed by atoms with Crippen LogP contribution in [0.4, 0.5) is 13.2 Å². The quantitative estimate of drug-likeness (QED) is 0.521. The van der Waals surface area contributed by atoms with Gasteiger partial charge < -0.3 is 15.5 Å². The zero-order valence-electron chi connectivity index (χ0n) is 16.9. The van der Waals surface area contributed by atoms with Gasteiger partial charge in [0.2, 0.25) is 0 Å². The lowest BCUT2D eigenvalue weighted by Crippen LogP contribution is -2.45. The summed E-state index contributed by atoms with van der Waals surface area (Å²) in [4.78, 5) is 9.38. The van der Waals surface area contributed by atoms with Crippen molar-refractivity contribution in [1.29, 1.82) is 0 Å². The van der Waals surface area contributed by atoms with Crippen LogP contribution in [-0.2, 0) is 13.1 Å². The van der Waals surface area contributed by atoms with Crippen LogP contribution in [0.5, 0.6) is 0 Å². The fourth-order valence-electron chi connectivity index (χ4n) is 3.20. The molecule has 2 N–H and O–H groups in total. The standard InChI is InChI=1S/C20H32F3N5/c1-3-24-19(25-10-9-20(21,22)23)26-15-17-7-5-6-8-18(17)16-28-13-11-27(4-2)12-14-28/h5-8H,3-4,9-16H2,1-2H3,(H2,24,25,26). The molecule has 1 aromatic rings. The van der Waals surface area contributed by atoms with Crippen molar-refractivity contribution in [3.8, 4) is 0 Å². The fourth-order valence-corrected chi connectivity index (χ4v) is 3.20. The number of guanidine groups is 1. The lowest BCUT2D eigenvalue weighted by atomic mass is 10.1. The summed E-state index contributed by atoms with van der Waals surface area (Å²) in [6.07, 6.45) is -5.05. The molecule has 1 aliphatic heterocycles. The zero-order valence-corrected chi connectivity index (χ0v) is 16.9. The van der Waals surface area contributed by atoms with E-state index in [2.05, 4.69) is 38.4 Å². The van der Waals surface area contributed by atoms with Gasteiger partial charge in [-0.1, -0.05) is 31.2 Å². The van der Waals surface area contributed by atoms with E-state index in [0.717, 1.165) is 44.8 Å². The third-order valence-electron chi connectivity index (χ3n) is 4.88. The van der Waals surface area contributed by atoms with Gasteiger partial charge in [0.25, 0.3) is 0 Å². The largest absolute Gasteiger partial charge is 0.390 e. The van der Waals surface area contributed by atoms with Crippen molar-refractivity contribution >= 4 is 5.96 Å². The van der Waals surface area contributed by atoms with Gasteiger partial charge in [-0.05, 0) is 24.6 Å². The van der Waals surface area contributed by atoms with Crippen molar-refractivity contribution in [1.82, 2.24) is 20.4 Å². The summed E-state index contributed by atoms with van der Waals surface area (Å²) in [5, 5.41) is 5.77. The van der Waals surface area contributed by atoms with Gasteiger partial charge >= 0.3 is 6.18 Å². The summed E-state index contributed by atoms with van der Waals surface area (Å²) in [6, 6.07) is 8.16. The summed E-state index contributed by atoms with van der Waals surface area (Å²) in [7, 11) is 0. The third-order valence-corrected chi connectivity index (χ3v) is 4.88. The van der Waals surface area contributed by atoms with E-state index >= 15 is 0 Å². The van der Waals surface area contributed by atoms with Gasteiger partial charge in [0.1, 0.15) is 0 Å². The highest BCUT2D eigenvalue weighted by molar-refractivity contribution is 5.79. The Kier molecular flexibility index (Phi) is 9.05. The number of hydrogen-bond donors (Lipinski definition) is 2. The van der Waals surface area contributed by atoms with E-state index in [9.17, 15) is 13.2 Å². The maximum Gasteiger partial charge on any atom is 0.390 e. The highest BCUT2D eigenvalue weighted by Crippen LogP contribution is 2.18. The number of aliphatic imine (C=N–C) groups is 1. The molecule has 1 fully saturated rings. The molecular formula is C20H32F3N5. The van der Waals surface area contributed by atoms with E-state index in [-0.39, 0.29) is 6.54 Å². The van der Waals surface area contributed by atoms with Crippen molar-refractivity contribution in [2.45, 2.75) is 39.5 Å². The second-order valence-electron chi connectivity index (χ2n) is 6.97. The number of nitrogens with one attached hydrogen (secondary N) is 2. The van der Waals surface area contributed by atoms with Crippen LogP contribution in [0.1, 0.15) is 31.4 Å². The molecule has 0 radical (unpaired) electrons. The molecule has 1 aliphatic rings. The molecule has 1 aromatic carbocycles. The van der Waals surface area contributed by atoms with Crippen molar-refractivity contribution in [2.24, 2.45) is 4.99 Å². The van der Waals surface area contributed by atoms with Crippen LogP contribution in [0.15, 0.2) is 29.3 Å². The van der Waals surface area contributed by atoms with Crippen molar-refractivity contribution in [3.05, 3.63) is 35.4 Å². The number of likely N-dealkylation sites (N-methyl/N-ethyl adjacent to an activating group) is 1. The molecular weight excluding hydrogens is 367 g/mol. The van der Waals surface area contributed by atoms with Crippen molar-refractivity contribution in [3.63, 3.8) is 0 Å². The molecule has 28 heavy (non-hydrogen) atoms. The predicted octanol–water partition coefficient (Wildman–Crippen LogP) is 2.83. The molecule has 0 spiro atoms. The monoisotopic (exact) mass is 399 g/mol. The maximum absolute atomic E-state index is 12.4. The third kappa shape index (κ3) is 8.06. The fraction of sp³-hybridized carbons (Fsp3) is 0.650. The molecule has 8 heteroatoms. The minimum absolute atomic E-state index is 0.182. The van der Waals surface area contributed by atoms with Gasteiger partial charge in [-0.15, -0.1) is 0 Å². The molecule has 0 bridgehead atoms. The summed E-state index contributed by atoms with van der Waals surface area (Å²) in [5.74, 6) is 0.415. The maximum atomic E-state index is 12.4. The average Bonchev–Trinajstić information content (AvgIpc) is 2.67. The van der Waals surface area contributed by atoms with E-state index in [0.29, 0.717) is 19.0 Å². The minimum Gasteiger partial charge on any atom is -0.357 e. The lowest BCUT2D eigenvalue weighted by molar-refractivity contribution is -0.132. The van der Waals surface area contributed by atoms with Gasteiger partial charge in [-0.2, -0.15) is 13.2 Å². The second kappa shape index (κ2) is 11.3. The highest BCUT2D eigenvalue weighted by Gasteiger charge is 2.26. The number of piperazine rings is 1. The molecule has 0 aromatic heterocycles. The Morgan fingerprint density at radius 3 is 2.25 bits per heavy atom. The Bertz CT molecular complexity index is 610. The predicted molar refractivity (Wildman–Crippen MR) is 107 cm³/mol. The van der Waals surface area contributed by atoms with E-state index in [1.165, 1.54) is 5.56 Å². The number of hydrogen-bond acceptors (Lipinski definition) is 3. The molecule has 0 aliphatic carbocycles. The Balaban J connectivity index is 1.95. The Hall–Kier alpha value is -1.80. The first-order valence-corrected chi connectivity index (χ1v) is 10.0. The Morgan fingerprint density at radius 1 is 1.00 bits per heavy atom. The normalized spacial score (nSPS) is 17.0. The molecule has 5 nitrogen and oxygen atoms in total. The van der Waals surface area contributed by atoms with E-state index in [1.54, 1.807) is 0 Å². The number of halogens is 3. The first-order valence-electron chi connectivity index (χ1n) is 10.0. The second-order valence-corrected chi connectivity index (χ2v) is 6.97. The Morgan fingerprint density at radius 2 is 1.64 bits per heavy atom. The number of nitrogens with zero attached hydrogens (tertiary/aromatic N) is 3. The highest BCUT2D eigenvalue weighted by atomic mass is 19.4. The Labute approximate surface area is 166 Å². The summed E-state index contributed by atoms with van der Waals surface area (Å²) in [6.45, 7) is 11.2. The van der Waals surface area contributed by atoms with Gasteiger partial charge in [0.15, 0.2) is 5.96 Å². The number of rotatable bonds is 8. The topological polar surface area (TPSA) is 42.9 Å². The lowest BCUT2D eigenvalue weighted by Gasteiger charge is -2.34. The van der Waals surface area contributed by atoms with Gasteiger partial charge in [-0.25, -0.2) is 4.99 Å². The number of benzene rings is 1. The van der Waals surface area contributed by atoms with Crippen molar-refractivity contribution in [2.75, 3.05) is 45.8 Å². The summed E-state index contributed by atoms with van der Waals surface area (Å²) in [5.41, 5.74) is 2.33. The molecule has 0 atom stereocenters. The molecule has 1 heterocycles. The van der Waals surface area contributed by atoms with Crippen LogP contribution in [0, 0.1) is 0 Å². The van der Waals surface area contributed by atoms with Gasteiger partial charge in [-0.3, -0.25) is 4.90 Å². The van der Waals surface area contributed by atoms with Gasteiger partial charge in [0, 0.05) is 45.8 Å². The smallest absolute Gasteiger partial charge is 0.357 e.